The molecule has 4 aliphatic heterocycles. The molecule has 4 aromatic rings. The summed E-state index contributed by atoms with van der Waals surface area (Å²) in [7, 11) is 0. The van der Waals surface area contributed by atoms with Crippen LogP contribution in [-0.2, 0) is 6.42 Å². The maximum absolute atomic E-state index is 15.2. The van der Waals surface area contributed by atoms with Gasteiger partial charge >= 0.3 is 6.01 Å². The number of aryl methyl sites for hydroxylation is 2. The van der Waals surface area contributed by atoms with Crippen LogP contribution >= 0.6 is 0 Å². The number of fused-ring (bicyclic) bond motifs is 5. The molecule has 0 spiro atoms. The van der Waals surface area contributed by atoms with Crippen LogP contribution in [0.4, 0.5) is 10.2 Å². The zero-order chi connectivity index (χ0) is 31.6. The molecule has 2 unspecified atom stereocenters. The Morgan fingerprint density at radius 3 is 2.57 bits per heavy atom. The van der Waals surface area contributed by atoms with Gasteiger partial charge in [-0.15, -0.1) is 0 Å². The van der Waals surface area contributed by atoms with Gasteiger partial charge in [0.15, 0.2) is 0 Å². The highest BCUT2D eigenvalue weighted by Gasteiger charge is 2.45. The van der Waals surface area contributed by atoms with E-state index in [1.165, 1.54) is 25.1 Å². The molecule has 0 amide bonds. The first kappa shape index (κ1) is 29.4. The maximum Gasteiger partial charge on any atom is 0.319 e. The summed E-state index contributed by atoms with van der Waals surface area (Å²) < 4.78 is 21.8. The molecule has 4 aliphatic rings. The number of hydrogen-bond acceptors (Lipinski definition) is 9. The molecule has 2 aromatic heterocycles. The second-order valence-electron chi connectivity index (χ2n) is 13.6. The van der Waals surface area contributed by atoms with Crippen LogP contribution < -0.4 is 20.7 Å². The highest BCUT2D eigenvalue weighted by atomic mass is 19.1. The average molecular weight is 624 g/mol. The van der Waals surface area contributed by atoms with E-state index in [0.29, 0.717) is 53.6 Å². The molecule has 4 fully saturated rings. The average Bonchev–Trinajstić information content (AvgIpc) is 3.74. The van der Waals surface area contributed by atoms with Crippen molar-refractivity contribution in [2.24, 2.45) is 5.73 Å². The Hall–Kier alpha value is -4.02. The van der Waals surface area contributed by atoms with Crippen LogP contribution in [0, 0.1) is 12.7 Å². The van der Waals surface area contributed by atoms with Crippen LogP contribution in [0.15, 0.2) is 30.5 Å². The monoisotopic (exact) mass is 623 g/mol. The normalized spacial score (nSPS) is 22.5. The first-order valence-corrected chi connectivity index (χ1v) is 16.8. The van der Waals surface area contributed by atoms with E-state index in [9.17, 15) is 5.11 Å². The molecular formula is C36H42FN7O2. The number of anilines is 1. The van der Waals surface area contributed by atoms with Crippen molar-refractivity contribution in [2.45, 2.75) is 76.4 Å². The Morgan fingerprint density at radius 2 is 1.85 bits per heavy atom. The van der Waals surface area contributed by atoms with E-state index in [0.717, 1.165) is 84.9 Å². The first-order chi connectivity index (χ1) is 22.4. The lowest BCUT2D eigenvalue weighted by Crippen LogP contribution is -2.51. The Balaban J connectivity index is 1.35. The van der Waals surface area contributed by atoms with E-state index in [4.69, 9.17) is 25.4 Å². The lowest BCUT2D eigenvalue weighted by Gasteiger charge is -2.35. The third-order valence-corrected chi connectivity index (χ3v) is 10.9. The van der Waals surface area contributed by atoms with Crippen molar-refractivity contribution in [3.63, 3.8) is 0 Å². The van der Waals surface area contributed by atoms with Crippen LogP contribution in [0.25, 0.3) is 39.0 Å². The van der Waals surface area contributed by atoms with Gasteiger partial charge in [-0.05, 0) is 112 Å². The highest BCUT2D eigenvalue weighted by Crippen LogP contribution is 2.43. The Kier molecular flexibility index (Phi) is 7.25. The van der Waals surface area contributed by atoms with Gasteiger partial charge in [-0.2, -0.15) is 9.97 Å². The number of phenols is 1. The van der Waals surface area contributed by atoms with Gasteiger partial charge in [-0.3, -0.25) is 4.90 Å². The van der Waals surface area contributed by atoms with Gasteiger partial charge in [0.2, 0.25) is 0 Å². The summed E-state index contributed by atoms with van der Waals surface area (Å²) in [5, 5.41) is 16.9. The third kappa shape index (κ3) is 4.76. The SMILES string of the molecule is CCc1c(F)ccc2cc(O)cc(-c3nc(/C=C\N)c4c(N5CC6CCC(C5)N6)nc(OCC56CCCN5CCC6)nc4c3C)c12. The fourth-order valence-electron chi connectivity index (χ4n) is 8.74. The number of piperazine rings is 1. The van der Waals surface area contributed by atoms with E-state index >= 15 is 4.39 Å². The van der Waals surface area contributed by atoms with Gasteiger partial charge in [0.1, 0.15) is 24.0 Å². The van der Waals surface area contributed by atoms with Crippen LogP contribution in [-0.4, -0.2) is 75.4 Å². The predicted octanol–water partition coefficient (Wildman–Crippen LogP) is 5.44. The van der Waals surface area contributed by atoms with Crippen molar-refractivity contribution in [2.75, 3.05) is 37.7 Å². The molecule has 46 heavy (non-hydrogen) atoms. The number of nitrogens with two attached hydrogens (primary N) is 1. The number of ether oxygens (including phenoxy) is 1. The van der Waals surface area contributed by atoms with Gasteiger partial charge in [0.25, 0.3) is 0 Å². The Bertz CT molecular complexity index is 1860. The first-order valence-electron chi connectivity index (χ1n) is 16.8. The van der Waals surface area contributed by atoms with Gasteiger partial charge in [0.05, 0.1) is 27.8 Å². The number of pyridine rings is 1. The quantitative estimate of drug-likeness (QED) is 0.248. The molecule has 2 atom stereocenters. The zero-order valence-corrected chi connectivity index (χ0v) is 26.7. The number of aromatic nitrogens is 3. The molecule has 0 aliphatic carbocycles. The second kappa shape index (κ2) is 11.3. The highest BCUT2D eigenvalue weighted by molar-refractivity contribution is 6.05. The van der Waals surface area contributed by atoms with Crippen molar-refractivity contribution in [3.8, 4) is 23.0 Å². The molecule has 240 valence electrons. The molecule has 2 aromatic carbocycles. The predicted molar refractivity (Wildman–Crippen MR) is 180 cm³/mol. The molecule has 4 saturated heterocycles. The van der Waals surface area contributed by atoms with Gasteiger partial charge < -0.3 is 25.8 Å². The minimum absolute atomic E-state index is 0.0552. The topological polar surface area (TPSA) is 113 Å². The van der Waals surface area contributed by atoms with E-state index in [1.807, 2.05) is 13.8 Å². The molecule has 6 heterocycles. The van der Waals surface area contributed by atoms with E-state index in [1.54, 1.807) is 24.3 Å². The van der Waals surface area contributed by atoms with E-state index in [-0.39, 0.29) is 17.1 Å². The van der Waals surface area contributed by atoms with Crippen molar-refractivity contribution in [3.05, 3.63) is 53.1 Å². The van der Waals surface area contributed by atoms with Crippen LogP contribution in [0.2, 0.25) is 0 Å². The number of rotatable bonds is 7. The number of nitrogens with one attached hydrogen (secondary N) is 1. The van der Waals surface area contributed by atoms with Crippen molar-refractivity contribution in [1.82, 2.24) is 25.2 Å². The van der Waals surface area contributed by atoms with Crippen molar-refractivity contribution >= 4 is 33.6 Å². The molecule has 9 nitrogen and oxygen atoms in total. The summed E-state index contributed by atoms with van der Waals surface area (Å²) in [6, 6.07) is 7.70. The Morgan fingerprint density at radius 1 is 1.09 bits per heavy atom. The van der Waals surface area contributed by atoms with Crippen molar-refractivity contribution < 1.29 is 14.2 Å². The van der Waals surface area contributed by atoms with Crippen molar-refractivity contribution in [1.29, 1.82) is 0 Å². The number of phenolic OH excluding ortho intramolecular Hbond substituents is 1. The molecule has 2 bridgehead atoms. The fourth-order valence-corrected chi connectivity index (χ4v) is 8.74. The van der Waals surface area contributed by atoms with E-state index in [2.05, 4.69) is 15.1 Å². The molecule has 10 heteroatoms. The summed E-state index contributed by atoms with van der Waals surface area (Å²) in [5.41, 5.74) is 10.1. The molecule has 8 rings (SSSR count). The van der Waals surface area contributed by atoms with Crippen LogP contribution in [0.3, 0.4) is 0 Å². The number of halogens is 1. The number of aromatic hydroxyl groups is 1. The zero-order valence-electron chi connectivity index (χ0n) is 26.7. The smallest absolute Gasteiger partial charge is 0.319 e. The summed E-state index contributed by atoms with van der Waals surface area (Å²) >= 11 is 0. The summed E-state index contributed by atoms with van der Waals surface area (Å²) in [6.07, 6.45) is 10.7. The summed E-state index contributed by atoms with van der Waals surface area (Å²) in [4.78, 5) is 20.3. The number of nitrogens with zero attached hydrogens (tertiary/aromatic N) is 5. The Labute approximate surface area is 268 Å². The summed E-state index contributed by atoms with van der Waals surface area (Å²) in [5.74, 6) is 0.624. The minimum atomic E-state index is -0.275. The van der Waals surface area contributed by atoms with Crippen LogP contribution in [0.5, 0.6) is 11.8 Å². The molecular weight excluding hydrogens is 581 g/mol. The van der Waals surface area contributed by atoms with Gasteiger partial charge in [-0.25, -0.2) is 9.37 Å². The molecule has 4 N–H and O–H groups in total. The minimum Gasteiger partial charge on any atom is -0.508 e. The molecule has 0 saturated carbocycles. The summed E-state index contributed by atoms with van der Waals surface area (Å²) in [6.45, 7) is 8.42. The van der Waals surface area contributed by atoms with E-state index < -0.39 is 0 Å². The fraction of sp³-hybridized carbons (Fsp3) is 0.472. The number of hydrogen-bond donors (Lipinski definition) is 3. The third-order valence-electron chi connectivity index (χ3n) is 10.9. The van der Waals surface area contributed by atoms with Gasteiger partial charge in [0, 0.05) is 36.3 Å². The lowest BCUT2D eigenvalue weighted by atomic mass is 9.92. The molecule has 0 radical (unpaired) electrons. The largest absolute Gasteiger partial charge is 0.508 e. The maximum atomic E-state index is 15.2. The lowest BCUT2D eigenvalue weighted by molar-refractivity contribution is 0.108. The van der Waals surface area contributed by atoms with Gasteiger partial charge in [-0.1, -0.05) is 13.0 Å². The number of benzene rings is 2. The standard InChI is InChI=1S/C36H42FN7O2/c1-3-26-28(37)9-6-22-16-25(45)17-27(30(22)26)32-21(2)33-31(29(40-32)10-13-38)34(43-18-23-7-8-24(19-43)39-23)42-35(41-33)46-20-36-11-4-14-44(36)15-5-12-36/h6,9-10,13,16-17,23-24,39,45H,3-5,7-8,11-12,14-15,18-20,38H2,1-2H3/b13-10-. The van der Waals surface area contributed by atoms with Crippen LogP contribution in [0.1, 0.15) is 62.3 Å². The second-order valence-corrected chi connectivity index (χ2v) is 13.6.